The highest BCUT2D eigenvalue weighted by atomic mass is 15.2. The monoisotopic (exact) mass is 290 g/mol. The smallest absolute Gasteiger partial charge is 0.131 e. The largest absolute Gasteiger partial charge is 0.356 e. The Morgan fingerprint density at radius 2 is 1.52 bits per heavy atom. The van der Waals surface area contributed by atoms with E-state index in [0.29, 0.717) is 0 Å². The second kappa shape index (κ2) is 11.6. The van der Waals surface area contributed by atoms with Gasteiger partial charge in [0.1, 0.15) is 5.82 Å². The molecule has 0 spiro atoms. The molecular formula is C19H34N2. The summed E-state index contributed by atoms with van der Waals surface area (Å²) in [5.74, 6) is 1.25. The first-order valence-electron chi connectivity index (χ1n) is 9.02. The van der Waals surface area contributed by atoms with E-state index < -0.39 is 0 Å². The van der Waals surface area contributed by atoms with Crippen molar-refractivity contribution >= 4 is 5.82 Å². The van der Waals surface area contributed by atoms with Crippen LogP contribution in [0.5, 0.6) is 0 Å². The van der Waals surface area contributed by atoms with Crippen molar-refractivity contribution in [2.75, 3.05) is 18.0 Å². The van der Waals surface area contributed by atoms with Crippen molar-refractivity contribution in [1.29, 1.82) is 0 Å². The number of hydrogen-bond acceptors (Lipinski definition) is 2. The predicted molar refractivity (Wildman–Crippen MR) is 94.1 cm³/mol. The van der Waals surface area contributed by atoms with Crippen molar-refractivity contribution in [3.63, 3.8) is 0 Å². The lowest BCUT2D eigenvalue weighted by atomic mass is 10.1. The van der Waals surface area contributed by atoms with Crippen molar-refractivity contribution in [3.05, 3.63) is 23.9 Å². The van der Waals surface area contributed by atoms with Crippen LogP contribution >= 0.6 is 0 Å². The zero-order chi connectivity index (χ0) is 15.3. The molecule has 0 aliphatic heterocycles. The Morgan fingerprint density at radius 3 is 2.14 bits per heavy atom. The maximum atomic E-state index is 4.71. The quantitative estimate of drug-likeness (QED) is 0.465. The Balaban J connectivity index is 2.70. The van der Waals surface area contributed by atoms with E-state index in [1.54, 1.807) is 0 Å². The van der Waals surface area contributed by atoms with Crippen LogP contribution in [0.2, 0.25) is 0 Å². The number of rotatable bonds is 12. The molecule has 0 N–H and O–H groups in total. The molecule has 0 fully saturated rings. The van der Waals surface area contributed by atoms with Gasteiger partial charge in [0.25, 0.3) is 0 Å². The van der Waals surface area contributed by atoms with Gasteiger partial charge in [-0.05, 0) is 37.3 Å². The number of aryl methyl sites for hydroxylation is 1. The van der Waals surface area contributed by atoms with Gasteiger partial charge in [-0.2, -0.15) is 0 Å². The average Bonchev–Trinajstić information content (AvgIpc) is 2.52. The first-order chi connectivity index (χ1) is 10.3. The molecule has 0 saturated heterocycles. The van der Waals surface area contributed by atoms with Crippen LogP contribution in [0.3, 0.4) is 0 Å². The lowest BCUT2D eigenvalue weighted by Crippen LogP contribution is -2.27. The van der Waals surface area contributed by atoms with E-state index in [4.69, 9.17) is 4.98 Å². The summed E-state index contributed by atoms with van der Waals surface area (Å²) < 4.78 is 0. The summed E-state index contributed by atoms with van der Waals surface area (Å²) in [5, 5.41) is 0. The minimum absolute atomic E-state index is 1.15. The van der Waals surface area contributed by atoms with E-state index in [9.17, 15) is 0 Å². The third-order valence-corrected chi connectivity index (χ3v) is 4.03. The molecule has 1 heterocycles. The lowest BCUT2D eigenvalue weighted by Gasteiger charge is -2.25. The van der Waals surface area contributed by atoms with Gasteiger partial charge in [0.2, 0.25) is 0 Å². The number of aromatic nitrogens is 1. The first kappa shape index (κ1) is 18.0. The summed E-state index contributed by atoms with van der Waals surface area (Å²) in [5.41, 5.74) is 1.45. The van der Waals surface area contributed by atoms with E-state index in [1.807, 2.05) is 6.20 Å². The predicted octanol–water partition coefficient (Wildman–Crippen LogP) is 5.61. The van der Waals surface area contributed by atoms with Crippen molar-refractivity contribution < 1.29 is 0 Å². The number of unbranched alkanes of at least 4 members (excludes halogenated alkanes) is 5. The molecule has 120 valence electrons. The fraction of sp³-hybridized carbons (Fsp3) is 0.737. The molecule has 0 unspecified atom stereocenters. The standard InChI is InChI=1S/C19H34N2/c1-4-7-10-11-13-18-14-12-15-20-19(18)21(16-8-5-2)17-9-6-3/h12,14-15H,4-11,13,16-17H2,1-3H3. The first-order valence-corrected chi connectivity index (χ1v) is 9.02. The van der Waals surface area contributed by atoms with Crippen LogP contribution in [0.15, 0.2) is 18.3 Å². The summed E-state index contributed by atoms with van der Waals surface area (Å²) in [4.78, 5) is 7.23. The molecule has 1 aromatic rings. The number of pyridine rings is 1. The molecule has 0 aliphatic rings. The third kappa shape index (κ3) is 6.97. The van der Waals surface area contributed by atoms with Crippen LogP contribution in [-0.4, -0.2) is 18.1 Å². The minimum Gasteiger partial charge on any atom is -0.356 e. The van der Waals surface area contributed by atoms with Crippen molar-refractivity contribution in [2.45, 2.75) is 78.6 Å². The molecular weight excluding hydrogens is 256 g/mol. The summed E-state index contributed by atoms with van der Waals surface area (Å²) >= 11 is 0. The molecule has 0 amide bonds. The van der Waals surface area contributed by atoms with Gasteiger partial charge < -0.3 is 4.90 Å². The maximum Gasteiger partial charge on any atom is 0.131 e. The van der Waals surface area contributed by atoms with Crippen LogP contribution in [0.4, 0.5) is 5.82 Å². The highest BCUT2D eigenvalue weighted by Gasteiger charge is 2.11. The van der Waals surface area contributed by atoms with Crippen molar-refractivity contribution in [1.82, 2.24) is 4.98 Å². The van der Waals surface area contributed by atoms with E-state index in [-0.39, 0.29) is 0 Å². The molecule has 0 bridgehead atoms. The van der Waals surface area contributed by atoms with Gasteiger partial charge in [-0.1, -0.05) is 58.9 Å². The molecule has 0 saturated carbocycles. The van der Waals surface area contributed by atoms with Gasteiger partial charge in [0.05, 0.1) is 0 Å². The molecule has 2 nitrogen and oxygen atoms in total. The lowest BCUT2D eigenvalue weighted by molar-refractivity contribution is 0.650. The van der Waals surface area contributed by atoms with Gasteiger partial charge in [-0.15, -0.1) is 0 Å². The van der Waals surface area contributed by atoms with Crippen LogP contribution < -0.4 is 4.90 Å². The second-order valence-electron chi connectivity index (χ2n) is 5.99. The molecule has 0 radical (unpaired) electrons. The number of hydrogen-bond donors (Lipinski definition) is 0. The van der Waals surface area contributed by atoms with Crippen LogP contribution in [0, 0.1) is 0 Å². The average molecular weight is 290 g/mol. The normalized spacial score (nSPS) is 10.8. The third-order valence-electron chi connectivity index (χ3n) is 4.03. The summed E-state index contributed by atoms with van der Waals surface area (Å²) in [6.45, 7) is 9.10. The maximum absolute atomic E-state index is 4.71. The Labute approximate surface area is 132 Å². The van der Waals surface area contributed by atoms with Crippen LogP contribution in [0.25, 0.3) is 0 Å². The van der Waals surface area contributed by atoms with Gasteiger partial charge >= 0.3 is 0 Å². The van der Waals surface area contributed by atoms with E-state index in [2.05, 4.69) is 37.8 Å². The van der Waals surface area contributed by atoms with E-state index >= 15 is 0 Å². The zero-order valence-corrected chi connectivity index (χ0v) is 14.4. The van der Waals surface area contributed by atoms with Gasteiger partial charge in [-0.3, -0.25) is 0 Å². The van der Waals surface area contributed by atoms with Crippen LogP contribution in [0.1, 0.15) is 77.7 Å². The molecule has 0 atom stereocenters. The summed E-state index contributed by atoms with van der Waals surface area (Å²) in [6, 6.07) is 4.37. The topological polar surface area (TPSA) is 16.1 Å². The fourth-order valence-corrected chi connectivity index (χ4v) is 2.67. The van der Waals surface area contributed by atoms with Crippen molar-refractivity contribution in [2.24, 2.45) is 0 Å². The fourth-order valence-electron chi connectivity index (χ4n) is 2.67. The molecule has 2 heteroatoms. The van der Waals surface area contributed by atoms with Crippen molar-refractivity contribution in [3.8, 4) is 0 Å². The van der Waals surface area contributed by atoms with Gasteiger partial charge in [0.15, 0.2) is 0 Å². The molecule has 21 heavy (non-hydrogen) atoms. The zero-order valence-electron chi connectivity index (χ0n) is 14.4. The second-order valence-corrected chi connectivity index (χ2v) is 5.99. The van der Waals surface area contributed by atoms with Gasteiger partial charge in [-0.25, -0.2) is 4.98 Å². The van der Waals surface area contributed by atoms with E-state index in [1.165, 1.54) is 69.2 Å². The Bertz CT molecular complexity index is 354. The molecule has 1 rings (SSSR count). The molecule has 1 aromatic heterocycles. The highest BCUT2D eigenvalue weighted by molar-refractivity contribution is 5.46. The number of anilines is 1. The summed E-state index contributed by atoms with van der Waals surface area (Å²) in [7, 11) is 0. The Hall–Kier alpha value is -1.05. The molecule has 0 aliphatic carbocycles. The van der Waals surface area contributed by atoms with Gasteiger partial charge in [0, 0.05) is 19.3 Å². The Morgan fingerprint density at radius 1 is 0.857 bits per heavy atom. The highest BCUT2D eigenvalue weighted by Crippen LogP contribution is 2.21. The minimum atomic E-state index is 1.15. The summed E-state index contributed by atoms with van der Waals surface area (Å²) in [6.07, 6.45) is 13.4. The van der Waals surface area contributed by atoms with Crippen LogP contribution in [-0.2, 0) is 6.42 Å². The molecule has 0 aromatic carbocycles. The SMILES string of the molecule is CCCCCCc1cccnc1N(CCCC)CCCC. The number of nitrogens with zero attached hydrogens (tertiary/aromatic N) is 2. The van der Waals surface area contributed by atoms with E-state index in [0.717, 1.165) is 13.1 Å². The Kier molecular flexibility index (Phi) is 9.94.